The van der Waals surface area contributed by atoms with Crippen LogP contribution in [0.1, 0.15) is 45.4 Å². The van der Waals surface area contributed by atoms with Gasteiger partial charge in [-0.15, -0.1) is 0 Å². The highest BCUT2D eigenvalue weighted by molar-refractivity contribution is 4.80. The van der Waals surface area contributed by atoms with Gasteiger partial charge in [-0.05, 0) is 58.5 Å². The number of rotatable bonds is 8. The molecule has 1 aliphatic carbocycles. The number of nitrogens with zero attached hydrogens (tertiary/aromatic N) is 1. The zero-order valence-corrected chi connectivity index (χ0v) is 11.3. The zero-order chi connectivity index (χ0) is 11.9. The highest BCUT2D eigenvalue weighted by Crippen LogP contribution is 2.18. The van der Waals surface area contributed by atoms with Crippen LogP contribution in [0.2, 0.25) is 0 Å². The smallest absolute Gasteiger partial charge is 0.0599 e. The molecule has 0 aromatic carbocycles. The normalized spacial score (nSPS) is 23.1. The van der Waals surface area contributed by atoms with Gasteiger partial charge in [-0.2, -0.15) is 0 Å². The molecule has 1 saturated carbocycles. The summed E-state index contributed by atoms with van der Waals surface area (Å²) >= 11 is 0. The molecule has 0 spiro atoms. The van der Waals surface area contributed by atoms with Crippen LogP contribution in [0.25, 0.3) is 0 Å². The third kappa shape index (κ3) is 5.36. The Morgan fingerprint density at radius 2 is 1.88 bits per heavy atom. The van der Waals surface area contributed by atoms with E-state index in [1.54, 1.807) is 0 Å². The Bertz CT molecular complexity index is 198. The summed E-state index contributed by atoms with van der Waals surface area (Å²) < 4.78 is 5.67. The van der Waals surface area contributed by atoms with Crippen LogP contribution in [0.4, 0.5) is 0 Å². The van der Waals surface area contributed by atoms with Crippen LogP contribution in [-0.4, -0.2) is 49.8 Å². The standard InChI is InChI=1S/C14H28N2O/c1-2-17-14-7-11-16(12-8-14)10-4-3-9-15-13-5-6-13/h13-15H,2-12H2,1H3. The average molecular weight is 240 g/mol. The second kappa shape index (κ2) is 7.34. The third-order valence-electron chi connectivity index (χ3n) is 3.85. The van der Waals surface area contributed by atoms with Crippen molar-refractivity contribution in [1.29, 1.82) is 0 Å². The van der Waals surface area contributed by atoms with E-state index in [1.165, 1.54) is 64.7 Å². The van der Waals surface area contributed by atoms with Crippen LogP contribution in [0.15, 0.2) is 0 Å². The first-order chi connectivity index (χ1) is 8.38. The molecule has 2 aliphatic rings. The highest BCUT2D eigenvalue weighted by Gasteiger charge is 2.20. The molecule has 3 nitrogen and oxygen atoms in total. The SMILES string of the molecule is CCOC1CCN(CCCCNC2CC2)CC1. The minimum Gasteiger partial charge on any atom is -0.378 e. The lowest BCUT2D eigenvalue weighted by molar-refractivity contribution is 0.0140. The Labute approximate surface area is 106 Å². The molecule has 0 aromatic rings. The van der Waals surface area contributed by atoms with Crippen molar-refractivity contribution in [3.8, 4) is 0 Å². The van der Waals surface area contributed by atoms with Crippen molar-refractivity contribution in [2.75, 3.05) is 32.8 Å². The molecule has 0 bridgehead atoms. The summed E-state index contributed by atoms with van der Waals surface area (Å²) in [5, 5.41) is 3.58. The van der Waals surface area contributed by atoms with Crippen molar-refractivity contribution >= 4 is 0 Å². The molecule has 0 aromatic heterocycles. The minimum absolute atomic E-state index is 0.535. The summed E-state index contributed by atoms with van der Waals surface area (Å²) in [4.78, 5) is 2.60. The van der Waals surface area contributed by atoms with Crippen molar-refractivity contribution in [3.05, 3.63) is 0 Å². The molecule has 1 aliphatic heterocycles. The predicted molar refractivity (Wildman–Crippen MR) is 71.3 cm³/mol. The van der Waals surface area contributed by atoms with Crippen molar-refractivity contribution < 1.29 is 4.74 Å². The van der Waals surface area contributed by atoms with Gasteiger partial charge in [0.2, 0.25) is 0 Å². The summed E-state index contributed by atoms with van der Waals surface area (Å²) in [5.74, 6) is 0. The van der Waals surface area contributed by atoms with Crippen molar-refractivity contribution in [2.45, 2.75) is 57.6 Å². The van der Waals surface area contributed by atoms with Crippen molar-refractivity contribution in [1.82, 2.24) is 10.2 Å². The number of nitrogens with one attached hydrogen (secondary N) is 1. The maximum Gasteiger partial charge on any atom is 0.0599 e. The molecule has 2 rings (SSSR count). The first-order valence-corrected chi connectivity index (χ1v) is 7.46. The van der Waals surface area contributed by atoms with Crippen LogP contribution >= 0.6 is 0 Å². The van der Waals surface area contributed by atoms with Crippen LogP contribution in [0.5, 0.6) is 0 Å². The van der Waals surface area contributed by atoms with Gasteiger partial charge in [-0.3, -0.25) is 0 Å². The van der Waals surface area contributed by atoms with Crippen LogP contribution in [0.3, 0.4) is 0 Å². The molecule has 17 heavy (non-hydrogen) atoms. The van der Waals surface area contributed by atoms with Gasteiger partial charge < -0.3 is 15.0 Å². The number of hydrogen-bond donors (Lipinski definition) is 1. The summed E-state index contributed by atoms with van der Waals surface area (Å²) in [6, 6.07) is 0.872. The molecule has 1 N–H and O–H groups in total. The van der Waals surface area contributed by atoms with Crippen LogP contribution in [0, 0.1) is 0 Å². The number of likely N-dealkylation sites (tertiary alicyclic amines) is 1. The van der Waals surface area contributed by atoms with E-state index < -0.39 is 0 Å². The highest BCUT2D eigenvalue weighted by atomic mass is 16.5. The van der Waals surface area contributed by atoms with Crippen LogP contribution < -0.4 is 5.32 Å². The summed E-state index contributed by atoms with van der Waals surface area (Å²) in [6.45, 7) is 7.95. The molecule has 1 saturated heterocycles. The second-order valence-electron chi connectivity index (χ2n) is 5.43. The van der Waals surface area contributed by atoms with E-state index in [2.05, 4.69) is 17.1 Å². The second-order valence-corrected chi connectivity index (χ2v) is 5.43. The summed E-state index contributed by atoms with van der Waals surface area (Å²) in [5.41, 5.74) is 0. The van der Waals surface area contributed by atoms with Crippen molar-refractivity contribution in [3.63, 3.8) is 0 Å². The molecular weight excluding hydrogens is 212 g/mol. The molecule has 1 heterocycles. The number of piperidine rings is 1. The summed E-state index contributed by atoms with van der Waals surface area (Å²) in [6.07, 6.45) is 8.49. The van der Waals surface area contributed by atoms with Gasteiger partial charge in [0.15, 0.2) is 0 Å². The maximum atomic E-state index is 5.67. The van der Waals surface area contributed by atoms with Gasteiger partial charge in [-0.25, -0.2) is 0 Å². The minimum atomic E-state index is 0.535. The van der Waals surface area contributed by atoms with E-state index in [-0.39, 0.29) is 0 Å². The van der Waals surface area contributed by atoms with E-state index in [1.807, 2.05) is 0 Å². The predicted octanol–water partition coefficient (Wildman–Crippen LogP) is 2.02. The molecule has 0 amide bonds. The van der Waals surface area contributed by atoms with E-state index in [4.69, 9.17) is 4.74 Å². The third-order valence-corrected chi connectivity index (χ3v) is 3.85. The fourth-order valence-corrected chi connectivity index (χ4v) is 2.59. The fourth-order valence-electron chi connectivity index (χ4n) is 2.59. The largest absolute Gasteiger partial charge is 0.378 e. The quantitative estimate of drug-likeness (QED) is 0.657. The molecule has 3 heteroatoms. The topological polar surface area (TPSA) is 24.5 Å². The van der Waals surface area contributed by atoms with Gasteiger partial charge in [0.05, 0.1) is 6.10 Å². The lowest BCUT2D eigenvalue weighted by Gasteiger charge is -2.31. The van der Waals surface area contributed by atoms with E-state index >= 15 is 0 Å². The maximum absolute atomic E-state index is 5.67. The van der Waals surface area contributed by atoms with Crippen molar-refractivity contribution in [2.24, 2.45) is 0 Å². The number of hydrogen-bond acceptors (Lipinski definition) is 3. The Kier molecular flexibility index (Phi) is 5.75. The first-order valence-electron chi connectivity index (χ1n) is 7.46. The monoisotopic (exact) mass is 240 g/mol. The zero-order valence-electron chi connectivity index (χ0n) is 11.3. The Balaban J connectivity index is 1.43. The van der Waals surface area contributed by atoms with E-state index in [9.17, 15) is 0 Å². The Morgan fingerprint density at radius 1 is 1.12 bits per heavy atom. The lowest BCUT2D eigenvalue weighted by atomic mass is 10.1. The summed E-state index contributed by atoms with van der Waals surface area (Å²) in [7, 11) is 0. The van der Waals surface area contributed by atoms with Gasteiger partial charge in [0.25, 0.3) is 0 Å². The molecule has 100 valence electrons. The Morgan fingerprint density at radius 3 is 2.53 bits per heavy atom. The first kappa shape index (κ1) is 13.3. The molecule has 0 unspecified atom stereocenters. The van der Waals surface area contributed by atoms with Gasteiger partial charge in [0, 0.05) is 25.7 Å². The molecular formula is C14H28N2O. The fraction of sp³-hybridized carbons (Fsp3) is 1.00. The van der Waals surface area contributed by atoms with E-state index in [0.717, 1.165) is 12.6 Å². The van der Waals surface area contributed by atoms with Gasteiger partial charge in [-0.1, -0.05) is 0 Å². The molecule has 0 atom stereocenters. The lowest BCUT2D eigenvalue weighted by Crippen LogP contribution is -2.37. The van der Waals surface area contributed by atoms with Gasteiger partial charge in [0.1, 0.15) is 0 Å². The van der Waals surface area contributed by atoms with Crippen LogP contribution in [-0.2, 0) is 4.74 Å². The Hall–Kier alpha value is -0.120. The number of ether oxygens (including phenoxy) is 1. The number of unbranched alkanes of at least 4 members (excludes halogenated alkanes) is 1. The average Bonchev–Trinajstić information content (AvgIpc) is 3.15. The van der Waals surface area contributed by atoms with E-state index in [0.29, 0.717) is 6.10 Å². The van der Waals surface area contributed by atoms with Gasteiger partial charge >= 0.3 is 0 Å². The molecule has 0 radical (unpaired) electrons. The molecule has 2 fully saturated rings.